The number of benzene rings is 3. The third-order valence-electron chi connectivity index (χ3n) is 6.60. The molecule has 0 radical (unpaired) electrons. The van der Waals surface area contributed by atoms with Crippen molar-refractivity contribution in [1.82, 2.24) is 4.90 Å². The zero-order chi connectivity index (χ0) is 27.4. The van der Waals surface area contributed by atoms with Gasteiger partial charge in [0.2, 0.25) is 0 Å². The molecular formula is C31H31NO6. The summed E-state index contributed by atoms with van der Waals surface area (Å²) in [6.45, 7) is 6.15. The highest BCUT2D eigenvalue weighted by molar-refractivity contribution is 6.46. The average molecular weight is 514 g/mol. The van der Waals surface area contributed by atoms with Gasteiger partial charge in [-0.1, -0.05) is 56.3 Å². The predicted octanol–water partition coefficient (Wildman–Crippen LogP) is 5.62. The fourth-order valence-electron chi connectivity index (χ4n) is 4.67. The van der Waals surface area contributed by atoms with Gasteiger partial charge < -0.3 is 19.5 Å². The second-order valence-corrected chi connectivity index (χ2v) is 9.37. The zero-order valence-corrected chi connectivity index (χ0v) is 21.9. The molecule has 1 aliphatic heterocycles. The summed E-state index contributed by atoms with van der Waals surface area (Å²) < 4.78 is 10.5. The number of aliphatic hydroxyl groups excluding tert-OH is 1. The van der Waals surface area contributed by atoms with Crippen molar-refractivity contribution in [2.75, 3.05) is 13.7 Å². The molecule has 1 unspecified atom stereocenters. The van der Waals surface area contributed by atoms with Crippen molar-refractivity contribution >= 4 is 23.4 Å². The number of esters is 1. The van der Waals surface area contributed by atoms with Gasteiger partial charge in [-0.05, 0) is 59.9 Å². The summed E-state index contributed by atoms with van der Waals surface area (Å²) in [5.41, 5.74) is 3.18. The number of likely N-dealkylation sites (tertiary alicyclic amines) is 1. The number of amides is 1. The summed E-state index contributed by atoms with van der Waals surface area (Å²) in [4.78, 5) is 40.2. The molecule has 38 heavy (non-hydrogen) atoms. The van der Waals surface area contributed by atoms with Crippen LogP contribution in [0.5, 0.6) is 5.75 Å². The van der Waals surface area contributed by atoms with Crippen LogP contribution in [-0.2, 0) is 20.9 Å². The molecule has 1 fully saturated rings. The van der Waals surface area contributed by atoms with E-state index in [9.17, 15) is 19.5 Å². The Bertz CT molecular complexity index is 1380. The number of carbonyl (C=O) groups is 3. The van der Waals surface area contributed by atoms with E-state index in [1.54, 1.807) is 56.5 Å². The van der Waals surface area contributed by atoms with Crippen LogP contribution in [0.15, 0.2) is 78.4 Å². The Labute approximate surface area is 222 Å². The van der Waals surface area contributed by atoms with Gasteiger partial charge in [-0.3, -0.25) is 9.59 Å². The van der Waals surface area contributed by atoms with Crippen molar-refractivity contribution in [2.24, 2.45) is 0 Å². The van der Waals surface area contributed by atoms with E-state index in [4.69, 9.17) is 9.47 Å². The molecule has 1 saturated heterocycles. The van der Waals surface area contributed by atoms with Crippen LogP contribution in [0.3, 0.4) is 0 Å². The Morgan fingerprint density at radius 2 is 1.63 bits per heavy atom. The molecule has 0 aliphatic carbocycles. The van der Waals surface area contributed by atoms with E-state index in [0.29, 0.717) is 22.4 Å². The van der Waals surface area contributed by atoms with Crippen LogP contribution < -0.4 is 4.74 Å². The fraction of sp³-hybridized carbons (Fsp3) is 0.258. The second-order valence-electron chi connectivity index (χ2n) is 9.37. The number of rotatable bonds is 8. The molecule has 7 nitrogen and oxygen atoms in total. The van der Waals surface area contributed by atoms with Gasteiger partial charge in [0.1, 0.15) is 11.5 Å². The van der Waals surface area contributed by atoms with Crippen LogP contribution in [0.1, 0.15) is 65.3 Å². The van der Waals surface area contributed by atoms with Gasteiger partial charge in [0.25, 0.3) is 11.7 Å². The van der Waals surface area contributed by atoms with Crippen LogP contribution >= 0.6 is 0 Å². The highest BCUT2D eigenvalue weighted by Gasteiger charge is 2.46. The van der Waals surface area contributed by atoms with Crippen molar-refractivity contribution in [3.05, 3.63) is 106 Å². The number of nitrogens with zero attached hydrogens (tertiary/aromatic N) is 1. The molecule has 7 heteroatoms. The summed E-state index contributed by atoms with van der Waals surface area (Å²) in [5, 5.41) is 11.4. The van der Waals surface area contributed by atoms with Gasteiger partial charge in [0, 0.05) is 12.1 Å². The Morgan fingerprint density at radius 1 is 0.974 bits per heavy atom. The minimum Gasteiger partial charge on any atom is -0.507 e. The number of methoxy groups -OCH3 is 1. The van der Waals surface area contributed by atoms with Gasteiger partial charge >= 0.3 is 5.97 Å². The average Bonchev–Trinajstić information content (AvgIpc) is 3.18. The van der Waals surface area contributed by atoms with Crippen LogP contribution in [0, 0.1) is 0 Å². The maximum absolute atomic E-state index is 13.4. The van der Waals surface area contributed by atoms with Crippen LogP contribution in [-0.4, -0.2) is 41.4 Å². The van der Waals surface area contributed by atoms with E-state index in [1.165, 1.54) is 4.90 Å². The lowest BCUT2D eigenvalue weighted by molar-refractivity contribution is -0.140. The number of carbonyl (C=O) groups excluding carboxylic acids is 3. The van der Waals surface area contributed by atoms with Crippen molar-refractivity contribution in [3.8, 4) is 5.75 Å². The molecule has 4 rings (SSSR count). The quantitative estimate of drug-likeness (QED) is 0.182. The first-order chi connectivity index (χ1) is 18.3. The maximum atomic E-state index is 13.4. The largest absolute Gasteiger partial charge is 0.507 e. The Kier molecular flexibility index (Phi) is 7.96. The molecule has 3 aromatic carbocycles. The smallest absolute Gasteiger partial charge is 0.338 e. The van der Waals surface area contributed by atoms with Gasteiger partial charge in [-0.15, -0.1) is 0 Å². The Balaban J connectivity index is 1.78. The molecule has 196 valence electrons. The van der Waals surface area contributed by atoms with Crippen molar-refractivity contribution < 1.29 is 29.0 Å². The van der Waals surface area contributed by atoms with Crippen molar-refractivity contribution in [1.29, 1.82) is 0 Å². The second kappa shape index (κ2) is 11.3. The molecule has 0 saturated carbocycles. The molecule has 0 aromatic heterocycles. The van der Waals surface area contributed by atoms with Crippen LogP contribution in [0.25, 0.3) is 5.76 Å². The number of ether oxygens (including phenoxy) is 2. The lowest BCUT2D eigenvalue weighted by Gasteiger charge is -2.25. The summed E-state index contributed by atoms with van der Waals surface area (Å²) in [7, 11) is 1.58. The lowest BCUT2D eigenvalue weighted by atomic mass is 9.93. The summed E-state index contributed by atoms with van der Waals surface area (Å²) in [6.07, 6.45) is 0. The summed E-state index contributed by atoms with van der Waals surface area (Å²) >= 11 is 0. The molecular weight excluding hydrogens is 482 g/mol. The summed E-state index contributed by atoms with van der Waals surface area (Å²) in [5.74, 6) is -1.31. The molecule has 1 N–H and O–H groups in total. The normalized spacial score (nSPS) is 16.7. The van der Waals surface area contributed by atoms with E-state index < -0.39 is 23.7 Å². The van der Waals surface area contributed by atoms with E-state index in [0.717, 1.165) is 11.1 Å². The Morgan fingerprint density at radius 3 is 2.24 bits per heavy atom. The monoisotopic (exact) mass is 513 g/mol. The third-order valence-corrected chi connectivity index (χ3v) is 6.60. The first kappa shape index (κ1) is 26.7. The maximum Gasteiger partial charge on any atom is 0.338 e. The molecule has 1 amide bonds. The predicted molar refractivity (Wildman–Crippen MR) is 144 cm³/mol. The number of hydrogen-bond donors (Lipinski definition) is 1. The number of hydrogen-bond acceptors (Lipinski definition) is 6. The molecule has 0 bridgehead atoms. The van der Waals surface area contributed by atoms with E-state index >= 15 is 0 Å². The minimum atomic E-state index is -0.787. The number of Topliss-reactive ketones (excluding diaryl/α,β-unsaturated/α-hetero) is 1. The van der Waals surface area contributed by atoms with E-state index in [1.807, 2.05) is 44.2 Å². The third kappa shape index (κ3) is 5.18. The van der Waals surface area contributed by atoms with Gasteiger partial charge in [0.05, 0.1) is 30.9 Å². The number of ketones is 1. The van der Waals surface area contributed by atoms with Gasteiger partial charge in [-0.2, -0.15) is 0 Å². The molecule has 1 atom stereocenters. The standard InChI is InChI=1S/C31H31NO6/c1-5-38-31(36)22-13-11-20(12-14-22)18-32-27(21-9-7-6-8-10-21)26(29(34)30(32)35)28(33)23-15-16-25(37-4)24(17-23)19(2)3/h6-17,19,27,33H,5,18H2,1-4H3/b28-26-. The lowest BCUT2D eigenvalue weighted by Crippen LogP contribution is -2.29. The van der Waals surface area contributed by atoms with Crippen LogP contribution in [0.4, 0.5) is 0 Å². The highest BCUT2D eigenvalue weighted by Crippen LogP contribution is 2.41. The van der Waals surface area contributed by atoms with E-state index in [-0.39, 0.29) is 30.4 Å². The SMILES string of the molecule is CCOC(=O)c1ccc(CN2C(=O)C(=O)/C(=C(\O)c3ccc(OC)c(C(C)C)c3)C2c2ccccc2)cc1. The fourth-order valence-corrected chi connectivity index (χ4v) is 4.67. The number of aliphatic hydroxyl groups is 1. The summed E-state index contributed by atoms with van der Waals surface area (Å²) in [6, 6.07) is 20.3. The first-order valence-electron chi connectivity index (χ1n) is 12.5. The van der Waals surface area contributed by atoms with Crippen molar-refractivity contribution in [2.45, 2.75) is 39.3 Å². The zero-order valence-electron chi connectivity index (χ0n) is 21.9. The first-order valence-corrected chi connectivity index (χ1v) is 12.5. The van der Waals surface area contributed by atoms with Crippen LogP contribution in [0.2, 0.25) is 0 Å². The van der Waals surface area contributed by atoms with Gasteiger partial charge in [0.15, 0.2) is 0 Å². The molecule has 1 heterocycles. The topological polar surface area (TPSA) is 93.1 Å². The van der Waals surface area contributed by atoms with Crippen molar-refractivity contribution in [3.63, 3.8) is 0 Å². The highest BCUT2D eigenvalue weighted by atomic mass is 16.5. The Hall–Kier alpha value is -4.39. The van der Waals surface area contributed by atoms with Gasteiger partial charge in [-0.25, -0.2) is 4.79 Å². The molecule has 0 spiro atoms. The minimum absolute atomic E-state index is 0.0317. The molecule has 1 aliphatic rings. The van der Waals surface area contributed by atoms with E-state index in [2.05, 4.69) is 0 Å². The molecule has 3 aromatic rings.